The summed E-state index contributed by atoms with van der Waals surface area (Å²) in [5.74, 6) is 10.3. The van der Waals surface area contributed by atoms with Gasteiger partial charge < -0.3 is 19.7 Å². The lowest BCUT2D eigenvalue weighted by atomic mass is 9.78. The molecule has 4 rings (SSSR count). The van der Waals surface area contributed by atoms with E-state index in [1.165, 1.54) is 47.0 Å². The fraction of sp³-hybridized carbons (Fsp3) is 0.613. The average molecular weight is 673 g/mol. The van der Waals surface area contributed by atoms with E-state index in [4.69, 9.17) is 9.47 Å². The van der Waals surface area contributed by atoms with E-state index in [2.05, 4.69) is 85.2 Å². The minimum atomic E-state index is -0.458. The van der Waals surface area contributed by atoms with E-state index in [1.807, 2.05) is 47.8 Å². The zero-order valence-electron chi connectivity index (χ0n) is 24.1. The number of rotatable bonds is 18. The number of hydrogen-bond acceptors (Lipinski definition) is 10. The van der Waals surface area contributed by atoms with Crippen LogP contribution in [0.1, 0.15) is 37.8 Å². The Morgan fingerprint density at radius 1 is 0.683 bits per heavy atom. The first-order valence-corrected chi connectivity index (χ1v) is 20.9. The molecule has 2 aliphatic rings. The summed E-state index contributed by atoms with van der Waals surface area (Å²) in [6, 6.07) is 16.4. The van der Waals surface area contributed by atoms with Crippen molar-refractivity contribution in [3.8, 4) is 11.5 Å². The molecule has 2 aliphatic heterocycles. The van der Waals surface area contributed by atoms with E-state index < -0.39 is 12.2 Å². The summed E-state index contributed by atoms with van der Waals surface area (Å²) >= 11 is 11.9. The predicted molar refractivity (Wildman–Crippen MR) is 189 cm³/mol. The zero-order valence-corrected chi connectivity index (χ0v) is 29.0. The molecule has 2 saturated heterocycles. The Labute approximate surface area is 272 Å². The molecule has 0 amide bonds. The topological polar surface area (TPSA) is 58.9 Å². The van der Waals surface area contributed by atoms with Gasteiger partial charge in [-0.15, -0.1) is 47.0 Å². The summed E-state index contributed by atoms with van der Waals surface area (Å²) in [4.78, 5) is 0. The third-order valence-corrected chi connectivity index (χ3v) is 15.7. The maximum Gasteiger partial charge on any atom is 0.119 e. The van der Waals surface area contributed by atoms with Gasteiger partial charge >= 0.3 is 0 Å². The number of aliphatic hydroxyl groups is 2. The second kappa shape index (κ2) is 18.1. The Morgan fingerprint density at radius 2 is 1.05 bits per heavy atom. The molecule has 2 fully saturated rings. The Hall–Kier alpha value is 0.0600. The quantitative estimate of drug-likeness (QED) is 0.157. The molecular weight excluding hydrogens is 629 g/mol. The van der Waals surface area contributed by atoms with Gasteiger partial charge in [0.1, 0.15) is 24.7 Å². The van der Waals surface area contributed by atoms with Crippen molar-refractivity contribution in [2.75, 3.05) is 59.2 Å². The SMILES string of the molecule is CC(C)(c1ccc(OCC(O)CSCCC2SCCS2)cc1)c1ccc(OCC(O)CSCCC2SCCS2)cc1. The average Bonchev–Trinajstić information content (AvgIpc) is 3.71. The molecular formula is C31H44O4S6. The van der Waals surface area contributed by atoms with Crippen LogP contribution in [0.4, 0.5) is 0 Å². The van der Waals surface area contributed by atoms with Crippen molar-refractivity contribution in [2.45, 2.75) is 53.5 Å². The van der Waals surface area contributed by atoms with Gasteiger partial charge in [0.25, 0.3) is 0 Å². The molecule has 41 heavy (non-hydrogen) atoms. The van der Waals surface area contributed by atoms with Gasteiger partial charge in [0, 0.05) is 39.9 Å². The molecule has 0 bridgehead atoms. The molecule has 228 valence electrons. The molecule has 10 heteroatoms. The Bertz CT molecular complexity index is 915. The molecule has 0 aliphatic carbocycles. The van der Waals surface area contributed by atoms with E-state index >= 15 is 0 Å². The van der Waals surface area contributed by atoms with Crippen LogP contribution in [-0.4, -0.2) is 90.8 Å². The summed E-state index contributed by atoms with van der Waals surface area (Å²) in [7, 11) is 0. The Balaban J connectivity index is 1.14. The second-order valence-corrected chi connectivity index (χ2v) is 18.8. The van der Waals surface area contributed by atoms with Crippen molar-refractivity contribution in [1.29, 1.82) is 0 Å². The highest BCUT2D eigenvalue weighted by Crippen LogP contribution is 2.36. The summed E-state index contributed by atoms with van der Waals surface area (Å²) in [6.45, 7) is 5.06. The third kappa shape index (κ3) is 11.8. The molecule has 2 atom stereocenters. The molecule has 0 saturated carbocycles. The smallest absolute Gasteiger partial charge is 0.119 e. The van der Waals surface area contributed by atoms with Gasteiger partial charge in [-0.05, 0) is 59.7 Å². The molecule has 4 nitrogen and oxygen atoms in total. The lowest BCUT2D eigenvalue weighted by Crippen LogP contribution is -2.21. The van der Waals surface area contributed by atoms with Crippen molar-refractivity contribution in [2.24, 2.45) is 0 Å². The van der Waals surface area contributed by atoms with Crippen LogP contribution >= 0.6 is 70.6 Å². The van der Waals surface area contributed by atoms with Crippen LogP contribution in [0.25, 0.3) is 0 Å². The Kier molecular flexibility index (Phi) is 15.0. The fourth-order valence-electron chi connectivity index (χ4n) is 4.53. The minimum Gasteiger partial charge on any atom is -0.491 e. The molecule has 2 N–H and O–H groups in total. The predicted octanol–water partition coefficient (Wildman–Crippen LogP) is 7.35. The maximum atomic E-state index is 10.3. The molecule has 2 heterocycles. The summed E-state index contributed by atoms with van der Waals surface area (Å²) in [5.41, 5.74) is 2.20. The van der Waals surface area contributed by atoms with Crippen LogP contribution in [0.5, 0.6) is 11.5 Å². The van der Waals surface area contributed by atoms with Gasteiger partial charge in [0.05, 0.1) is 21.4 Å². The highest BCUT2D eigenvalue weighted by atomic mass is 32.2. The summed E-state index contributed by atoms with van der Waals surface area (Å²) in [6.07, 6.45) is 1.51. The second-order valence-electron chi connectivity index (χ2n) is 10.7. The van der Waals surface area contributed by atoms with Gasteiger partial charge in [-0.2, -0.15) is 23.5 Å². The largest absolute Gasteiger partial charge is 0.491 e. The van der Waals surface area contributed by atoms with Crippen molar-refractivity contribution in [3.05, 3.63) is 59.7 Å². The highest BCUT2D eigenvalue weighted by molar-refractivity contribution is 8.20. The standard InChI is InChI=1S/C31H44O4S6/c1-31(2,23-3-7-27(8-4-23)34-19-25(32)21-36-13-11-29-38-15-16-39-29)24-5-9-28(10-6-24)35-20-26(33)22-37-14-12-30-40-17-18-41-30/h3-10,25-26,29-30,32-33H,11-22H2,1-2H3. The number of ether oxygens (including phenoxy) is 2. The number of benzene rings is 2. The lowest BCUT2D eigenvalue weighted by molar-refractivity contribution is 0.126. The molecule has 2 aromatic carbocycles. The van der Waals surface area contributed by atoms with Gasteiger partial charge in [0.2, 0.25) is 0 Å². The van der Waals surface area contributed by atoms with Gasteiger partial charge in [0.15, 0.2) is 0 Å². The van der Waals surface area contributed by atoms with Crippen molar-refractivity contribution >= 4 is 70.6 Å². The highest BCUT2D eigenvalue weighted by Gasteiger charge is 2.23. The molecule has 0 aromatic heterocycles. The first-order valence-electron chi connectivity index (χ1n) is 14.3. The first-order chi connectivity index (χ1) is 19.9. The van der Waals surface area contributed by atoms with Crippen molar-refractivity contribution in [3.63, 3.8) is 0 Å². The number of hydrogen-bond donors (Lipinski definition) is 2. The zero-order chi connectivity index (χ0) is 28.9. The van der Waals surface area contributed by atoms with Crippen molar-refractivity contribution in [1.82, 2.24) is 0 Å². The van der Waals surface area contributed by atoms with E-state index in [0.29, 0.717) is 24.7 Å². The first kappa shape index (κ1) is 33.9. The minimum absolute atomic E-state index is 0.185. The van der Waals surface area contributed by atoms with Crippen molar-refractivity contribution < 1.29 is 19.7 Å². The Morgan fingerprint density at radius 3 is 1.41 bits per heavy atom. The van der Waals surface area contributed by atoms with E-state index in [9.17, 15) is 10.2 Å². The van der Waals surface area contributed by atoms with E-state index in [1.54, 1.807) is 0 Å². The normalized spacial score (nSPS) is 18.0. The molecule has 0 spiro atoms. The van der Waals surface area contributed by atoms with Crippen LogP contribution in [0.2, 0.25) is 0 Å². The third-order valence-electron chi connectivity index (χ3n) is 7.03. The number of aliphatic hydroxyl groups excluding tert-OH is 2. The summed E-state index contributed by atoms with van der Waals surface area (Å²) in [5, 5.41) is 20.7. The molecule has 2 aromatic rings. The maximum absolute atomic E-state index is 10.3. The van der Waals surface area contributed by atoms with Crippen LogP contribution < -0.4 is 9.47 Å². The number of thioether (sulfide) groups is 6. The van der Waals surface area contributed by atoms with Crippen LogP contribution in [-0.2, 0) is 5.41 Å². The van der Waals surface area contributed by atoms with E-state index in [0.717, 1.165) is 32.2 Å². The summed E-state index contributed by atoms with van der Waals surface area (Å²) < 4.78 is 13.2. The molecule has 2 unspecified atom stereocenters. The monoisotopic (exact) mass is 672 g/mol. The van der Waals surface area contributed by atoms with Gasteiger partial charge in [-0.25, -0.2) is 0 Å². The van der Waals surface area contributed by atoms with Crippen LogP contribution in [0, 0.1) is 0 Å². The molecule has 0 radical (unpaired) electrons. The van der Waals surface area contributed by atoms with Gasteiger partial charge in [-0.3, -0.25) is 0 Å². The fourth-order valence-corrected chi connectivity index (χ4v) is 12.7. The van der Waals surface area contributed by atoms with Crippen LogP contribution in [0.15, 0.2) is 48.5 Å². The van der Waals surface area contributed by atoms with E-state index in [-0.39, 0.29) is 5.41 Å². The lowest BCUT2D eigenvalue weighted by Gasteiger charge is -2.26. The van der Waals surface area contributed by atoms with Gasteiger partial charge in [-0.1, -0.05) is 38.1 Å². The van der Waals surface area contributed by atoms with Crippen LogP contribution in [0.3, 0.4) is 0 Å².